The highest BCUT2D eigenvalue weighted by atomic mass is 32.1. The van der Waals surface area contributed by atoms with Crippen LogP contribution < -0.4 is 15.1 Å². The van der Waals surface area contributed by atoms with E-state index in [0.717, 1.165) is 50.4 Å². The number of piperazine rings is 1. The normalized spacial score (nSPS) is 19.5. The van der Waals surface area contributed by atoms with Crippen molar-refractivity contribution in [3.05, 3.63) is 45.8 Å². The summed E-state index contributed by atoms with van der Waals surface area (Å²) in [6.45, 7) is 8.69. The highest BCUT2D eigenvalue weighted by Crippen LogP contribution is 2.39. The third-order valence-electron chi connectivity index (χ3n) is 6.21. The van der Waals surface area contributed by atoms with Crippen LogP contribution in [-0.2, 0) is 17.6 Å². The Kier molecular flexibility index (Phi) is 5.89. The standard InChI is InChI=1S/C23H28N4OS/c1-16-7-8-18-19(14-24)23(29-21(18)13-16)25-22(28)15-26-9-11-27(12-10-26)20-6-4-3-5-17(20)2/h3-6,16H,7-13,15H2,1-2H3,(H,25,28)/p+1/t16-/m0/s1. The van der Waals surface area contributed by atoms with Crippen LogP contribution in [0.2, 0.25) is 0 Å². The van der Waals surface area contributed by atoms with Gasteiger partial charge in [0, 0.05) is 10.6 Å². The Balaban J connectivity index is 1.34. The number of thiophene rings is 1. The van der Waals surface area contributed by atoms with E-state index in [1.54, 1.807) is 11.3 Å². The third kappa shape index (κ3) is 4.31. The molecule has 1 amide bonds. The molecule has 0 unspecified atom stereocenters. The fourth-order valence-corrected chi connectivity index (χ4v) is 5.89. The molecule has 0 bridgehead atoms. The Morgan fingerprint density at radius 1 is 1.34 bits per heavy atom. The Labute approximate surface area is 176 Å². The zero-order chi connectivity index (χ0) is 20.4. The molecule has 1 atom stereocenters. The highest BCUT2D eigenvalue weighted by Gasteiger charge is 2.27. The number of aryl methyl sites for hydroxylation is 1. The van der Waals surface area contributed by atoms with Crippen molar-refractivity contribution >= 4 is 27.9 Å². The van der Waals surface area contributed by atoms with Crippen LogP contribution in [0.4, 0.5) is 10.7 Å². The molecule has 2 aliphatic rings. The number of nitriles is 1. The number of carbonyl (C=O) groups excluding carboxylic acids is 1. The number of anilines is 2. The van der Waals surface area contributed by atoms with Crippen molar-refractivity contribution < 1.29 is 9.69 Å². The predicted molar refractivity (Wildman–Crippen MR) is 118 cm³/mol. The van der Waals surface area contributed by atoms with Crippen LogP contribution in [0.3, 0.4) is 0 Å². The fourth-order valence-electron chi connectivity index (χ4n) is 4.51. The number of carbonyl (C=O) groups is 1. The number of hydrogen-bond acceptors (Lipinski definition) is 4. The van der Waals surface area contributed by atoms with Gasteiger partial charge >= 0.3 is 0 Å². The molecule has 0 saturated carbocycles. The molecule has 152 valence electrons. The average Bonchev–Trinajstić information content (AvgIpc) is 3.04. The van der Waals surface area contributed by atoms with E-state index in [1.807, 2.05) is 0 Å². The summed E-state index contributed by atoms with van der Waals surface area (Å²) in [6, 6.07) is 10.8. The van der Waals surface area contributed by atoms with Gasteiger partial charge in [0.05, 0.1) is 31.7 Å². The maximum absolute atomic E-state index is 12.7. The summed E-state index contributed by atoms with van der Waals surface area (Å²) >= 11 is 1.61. The Morgan fingerprint density at radius 2 is 2.10 bits per heavy atom. The molecule has 0 radical (unpaired) electrons. The number of amides is 1. The van der Waals surface area contributed by atoms with Gasteiger partial charge < -0.3 is 15.1 Å². The Morgan fingerprint density at radius 3 is 2.83 bits per heavy atom. The first-order valence-corrected chi connectivity index (χ1v) is 11.4. The van der Waals surface area contributed by atoms with Gasteiger partial charge in [-0.2, -0.15) is 5.26 Å². The number of rotatable bonds is 4. The number of hydrogen-bond donors (Lipinski definition) is 2. The van der Waals surface area contributed by atoms with Crippen molar-refractivity contribution in [3.63, 3.8) is 0 Å². The van der Waals surface area contributed by atoms with E-state index in [0.29, 0.717) is 18.0 Å². The van der Waals surface area contributed by atoms with Crippen LogP contribution in [0.5, 0.6) is 0 Å². The van der Waals surface area contributed by atoms with Crippen LogP contribution in [0.15, 0.2) is 24.3 Å². The molecule has 1 saturated heterocycles. The van der Waals surface area contributed by atoms with Gasteiger partial charge in [-0.1, -0.05) is 25.1 Å². The van der Waals surface area contributed by atoms with E-state index < -0.39 is 0 Å². The van der Waals surface area contributed by atoms with Crippen molar-refractivity contribution in [1.29, 1.82) is 5.26 Å². The minimum Gasteiger partial charge on any atom is -0.360 e. The van der Waals surface area contributed by atoms with Gasteiger partial charge in [0.15, 0.2) is 6.54 Å². The zero-order valence-electron chi connectivity index (χ0n) is 17.3. The van der Waals surface area contributed by atoms with E-state index in [1.165, 1.54) is 26.6 Å². The van der Waals surface area contributed by atoms with E-state index in [2.05, 4.69) is 54.4 Å². The third-order valence-corrected chi connectivity index (χ3v) is 7.38. The summed E-state index contributed by atoms with van der Waals surface area (Å²) in [6.07, 6.45) is 3.11. The SMILES string of the molecule is Cc1ccccc1N1CC[NH+](CC(=O)Nc2sc3c(c2C#N)CC[C@H](C)C3)CC1. The fraction of sp³-hybridized carbons (Fsp3) is 0.478. The summed E-state index contributed by atoms with van der Waals surface area (Å²) in [5.41, 5.74) is 4.47. The van der Waals surface area contributed by atoms with Gasteiger partial charge in [0.2, 0.25) is 0 Å². The smallest absolute Gasteiger partial charge is 0.280 e. The molecular formula is C23H29N4OS+. The lowest BCUT2D eigenvalue weighted by Gasteiger charge is -2.34. The van der Waals surface area contributed by atoms with E-state index >= 15 is 0 Å². The molecule has 2 N–H and O–H groups in total. The first kappa shape index (κ1) is 19.9. The van der Waals surface area contributed by atoms with E-state index in [9.17, 15) is 10.1 Å². The van der Waals surface area contributed by atoms with Crippen molar-refractivity contribution in [2.75, 3.05) is 42.9 Å². The van der Waals surface area contributed by atoms with Crippen LogP contribution in [-0.4, -0.2) is 38.6 Å². The summed E-state index contributed by atoms with van der Waals surface area (Å²) in [4.78, 5) is 17.7. The predicted octanol–water partition coefficient (Wildman–Crippen LogP) is 2.40. The number of fused-ring (bicyclic) bond motifs is 1. The Hall–Kier alpha value is -2.36. The summed E-state index contributed by atoms with van der Waals surface area (Å²) in [5, 5.41) is 13.4. The van der Waals surface area contributed by atoms with Gasteiger partial charge in [-0.25, -0.2) is 0 Å². The molecule has 1 aromatic heterocycles. The van der Waals surface area contributed by atoms with Crippen LogP contribution >= 0.6 is 11.3 Å². The van der Waals surface area contributed by atoms with Crippen molar-refractivity contribution in [3.8, 4) is 6.07 Å². The number of quaternary nitrogens is 1. The van der Waals surface area contributed by atoms with Crippen LogP contribution in [0.1, 0.15) is 34.9 Å². The molecule has 4 rings (SSSR count). The summed E-state index contributed by atoms with van der Waals surface area (Å²) < 4.78 is 0. The Bertz CT molecular complexity index is 937. The maximum Gasteiger partial charge on any atom is 0.280 e. The van der Waals surface area contributed by atoms with Crippen LogP contribution in [0, 0.1) is 24.2 Å². The molecule has 29 heavy (non-hydrogen) atoms. The van der Waals surface area contributed by atoms with Gasteiger partial charge in [-0.05, 0) is 49.3 Å². The maximum atomic E-state index is 12.7. The molecular weight excluding hydrogens is 380 g/mol. The monoisotopic (exact) mass is 409 g/mol. The lowest BCUT2D eigenvalue weighted by atomic mass is 9.89. The second kappa shape index (κ2) is 8.56. The first-order chi connectivity index (χ1) is 14.0. The number of benzene rings is 1. The number of nitrogens with one attached hydrogen (secondary N) is 2. The van der Waals surface area contributed by atoms with Gasteiger partial charge in [0.25, 0.3) is 5.91 Å². The molecule has 1 aromatic carbocycles. The largest absolute Gasteiger partial charge is 0.360 e. The van der Waals surface area contributed by atoms with Crippen molar-refractivity contribution in [2.24, 2.45) is 5.92 Å². The molecule has 0 spiro atoms. The van der Waals surface area contributed by atoms with Crippen molar-refractivity contribution in [2.45, 2.75) is 33.1 Å². The average molecular weight is 410 g/mol. The zero-order valence-corrected chi connectivity index (χ0v) is 18.1. The second-order valence-electron chi connectivity index (χ2n) is 8.42. The van der Waals surface area contributed by atoms with E-state index in [-0.39, 0.29) is 5.91 Å². The first-order valence-electron chi connectivity index (χ1n) is 10.5. The molecule has 2 aromatic rings. The lowest BCUT2D eigenvalue weighted by Crippen LogP contribution is -3.15. The number of para-hydroxylation sites is 1. The van der Waals surface area contributed by atoms with Gasteiger partial charge in [-0.3, -0.25) is 4.79 Å². The molecule has 1 aliphatic heterocycles. The minimum atomic E-state index is 0.0208. The number of nitrogens with zero attached hydrogens (tertiary/aromatic N) is 2. The minimum absolute atomic E-state index is 0.0208. The molecule has 1 aliphatic carbocycles. The summed E-state index contributed by atoms with van der Waals surface area (Å²) in [5.74, 6) is 0.678. The van der Waals surface area contributed by atoms with Crippen LogP contribution in [0.25, 0.3) is 0 Å². The van der Waals surface area contributed by atoms with Gasteiger partial charge in [-0.15, -0.1) is 11.3 Å². The molecule has 6 heteroatoms. The van der Waals surface area contributed by atoms with Gasteiger partial charge in [0.1, 0.15) is 11.1 Å². The molecule has 2 heterocycles. The summed E-state index contributed by atoms with van der Waals surface area (Å²) in [7, 11) is 0. The topological polar surface area (TPSA) is 60.6 Å². The van der Waals surface area contributed by atoms with E-state index in [4.69, 9.17) is 0 Å². The molecule has 1 fully saturated rings. The quantitative estimate of drug-likeness (QED) is 0.815. The lowest BCUT2D eigenvalue weighted by molar-refractivity contribution is -0.892. The highest BCUT2D eigenvalue weighted by molar-refractivity contribution is 7.16. The second-order valence-corrected chi connectivity index (χ2v) is 9.52. The van der Waals surface area contributed by atoms with Crippen molar-refractivity contribution in [1.82, 2.24) is 0 Å². The molecule has 5 nitrogen and oxygen atoms in total.